The summed E-state index contributed by atoms with van der Waals surface area (Å²) in [7, 11) is 1.87. The summed E-state index contributed by atoms with van der Waals surface area (Å²) in [6, 6.07) is 5.35. The predicted molar refractivity (Wildman–Crippen MR) is 72.0 cm³/mol. The zero-order valence-electron chi connectivity index (χ0n) is 11.7. The number of alkyl halides is 3. The zero-order valence-corrected chi connectivity index (χ0v) is 11.7. The number of aliphatic carboxylic acids is 1. The minimum absolute atomic E-state index is 0.0270. The summed E-state index contributed by atoms with van der Waals surface area (Å²) >= 11 is 0. The molecule has 2 rings (SSSR count). The van der Waals surface area contributed by atoms with Gasteiger partial charge in [-0.2, -0.15) is 13.2 Å². The lowest BCUT2D eigenvalue weighted by atomic mass is 9.83. The number of hydrogen-bond acceptors (Lipinski definition) is 2. The fourth-order valence-corrected chi connectivity index (χ4v) is 3.05. The molecule has 3 nitrogen and oxygen atoms in total. The third-order valence-electron chi connectivity index (χ3n) is 3.87. The zero-order chi connectivity index (χ0) is 15.6. The molecule has 1 saturated heterocycles. The van der Waals surface area contributed by atoms with Crippen molar-refractivity contribution in [3.63, 3.8) is 0 Å². The standard InChI is InChI=1S/C15H18F3NO2/c1-19-8-10(6-14(20)21)5-12(9-19)11-3-2-4-13(7-11)15(16,17)18/h2-4,7,10,12H,5-6,8-9H2,1H3,(H,20,21). The Morgan fingerprint density at radius 3 is 2.71 bits per heavy atom. The van der Waals surface area contributed by atoms with Gasteiger partial charge in [0.25, 0.3) is 0 Å². The van der Waals surface area contributed by atoms with E-state index in [-0.39, 0.29) is 18.3 Å². The van der Waals surface area contributed by atoms with Crippen LogP contribution in [0, 0.1) is 5.92 Å². The highest BCUT2D eigenvalue weighted by atomic mass is 19.4. The molecule has 1 aromatic carbocycles. The molecule has 0 aliphatic carbocycles. The first-order valence-electron chi connectivity index (χ1n) is 6.83. The Labute approximate surface area is 121 Å². The van der Waals surface area contributed by atoms with E-state index >= 15 is 0 Å². The molecule has 0 spiro atoms. The smallest absolute Gasteiger partial charge is 0.416 e. The Hall–Kier alpha value is -1.56. The van der Waals surface area contributed by atoms with E-state index in [4.69, 9.17) is 5.11 Å². The lowest BCUT2D eigenvalue weighted by Gasteiger charge is -2.35. The molecule has 1 N–H and O–H groups in total. The van der Waals surface area contributed by atoms with Gasteiger partial charge in [-0.05, 0) is 36.9 Å². The van der Waals surface area contributed by atoms with Gasteiger partial charge in [0.1, 0.15) is 0 Å². The Bertz CT molecular complexity index is 516. The van der Waals surface area contributed by atoms with E-state index in [1.807, 2.05) is 11.9 Å². The second kappa shape index (κ2) is 6.05. The monoisotopic (exact) mass is 301 g/mol. The van der Waals surface area contributed by atoms with Gasteiger partial charge in [0, 0.05) is 19.5 Å². The fourth-order valence-electron chi connectivity index (χ4n) is 3.05. The van der Waals surface area contributed by atoms with Crippen molar-refractivity contribution in [3.8, 4) is 0 Å². The van der Waals surface area contributed by atoms with Crippen LogP contribution >= 0.6 is 0 Å². The topological polar surface area (TPSA) is 40.5 Å². The Morgan fingerprint density at radius 1 is 1.38 bits per heavy atom. The van der Waals surface area contributed by atoms with Crippen LogP contribution in [0.3, 0.4) is 0 Å². The molecule has 6 heteroatoms. The van der Waals surface area contributed by atoms with Crippen molar-refractivity contribution in [2.45, 2.75) is 24.9 Å². The van der Waals surface area contributed by atoms with Crippen LogP contribution in [0.1, 0.15) is 29.9 Å². The summed E-state index contributed by atoms with van der Waals surface area (Å²) < 4.78 is 38.3. The number of carboxylic acid groups (broad SMARTS) is 1. The maximum Gasteiger partial charge on any atom is 0.416 e. The van der Waals surface area contributed by atoms with Crippen molar-refractivity contribution in [2.24, 2.45) is 5.92 Å². The van der Waals surface area contributed by atoms with Gasteiger partial charge in [0.05, 0.1) is 5.56 Å². The highest BCUT2D eigenvalue weighted by Gasteiger charge is 2.32. The lowest BCUT2D eigenvalue weighted by molar-refractivity contribution is -0.138. The molecule has 1 aliphatic heterocycles. The van der Waals surface area contributed by atoms with E-state index in [9.17, 15) is 18.0 Å². The summed E-state index contributed by atoms with van der Waals surface area (Å²) in [5.74, 6) is -0.950. The molecule has 0 radical (unpaired) electrons. The number of piperidine rings is 1. The van der Waals surface area contributed by atoms with Gasteiger partial charge in [-0.1, -0.05) is 18.2 Å². The molecule has 2 atom stereocenters. The molecule has 0 aromatic heterocycles. The number of likely N-dealkylation sites (N-methyl/N-ethyl adjacent to an activating group) is 1. The summed E-state index contributed by atoms with van der Waals surface area (Å²) in [4.78, 5) is 12.8. The maximum atomic E-state index is 12.8. The molecule has 0 saturated carbocycles. The van der Waals surface area contributed by atoms with Gasteiger partial charge in [-0.3, -0.25) is 4.79 Å². The molecule has 116 valence electrons. The van der Waals surface area contributed by atoms with Crippen molar-refractivity contribution in [1.29, 1.82) is 0 Å². The van der Waals surface area contributed by atoms with Crippen molar-refractivity contribution >= 4 is 5.97 Å². The fraction of sp³-hybridized carbons (Fsp3) is 0.533. The van der Waals surface area contributed by atoms with Crippen LogP contribution < -0.4 is 0 Å². The molecule has 1 heterocycles. The highest BCUT2D eigenvalue weighted by molar-refractivity contribution is 5.67. The van der Waals surface area contributed by atoms with E-state index in [0.717, 1.165) is 6.07 Å². The van der Waals surface area contributed by atoms with Gasteiger partial charge < -0.3 is 10.0 Å². The molecule has 0 bridgehead atoms. The van der Waals surface area contributed by atoms with Crippen LogP contribution in [0.25, 0.3) is 0 Å². The molecule has 0 amide bonds. The lowest BCUT2D eigenvalue weighted by Crippen LogP contribution is -2.37. The third kappa shape index (κ3) is 4.20. The van der Waals surface area contributed by atoms with Crippen LogP contribution in [0.4, 0.5) is 13.2 Å². The summed E-state index contributed by atoms with van der Waals surface area (Å²) in [6.07, 6.45) is -3.69. The second-order valence-corrected chi connectivity index (χ2v) is 5.74. The number of nitrogens with zero attached hydrogens (tertiary/aromatic N) is 1. The number of halogens is 3. The first-order valence-corrected chi connectivity index (χ1v) is 6.83. The normalized spacial score (nSPS) is 24.0. The van der Waals surface area contributed by atoms with Crippen molar-refractivity contribution in [1.82, 2.24) is 4.90 Å². The largest absolute Gasteiger partial charge is 0.481 e. The number of likely N-dealkylation sites (tertiary alicyclic amines) is 1. The van der Waals surface area contributed by atoms with E-state index < -0.39 is 17.7 Å². The molecule has 1 aromatic rings. The number of rotatable bonds is 3. The molecular formula is C15H18F3NO2. The van der Waals surface area contributed by atoms with E-state index in [1.165, 1.54) is 12.1 Å². The Morgan fingerprint density at radius 2 is 2.10 bits per heavy atom. The van der Waals surface area contributed by atoms with Crippen LogP contribution in [-0.2, 0) is 11.0 Å². The van der Waals surface area contributed by atoms with Crippen molar-refractivity contribution in [2.75, 3.05) is 20.1 Å². The van der Waals surface area contributed by atoms with Crippen LogP contribution in [-0.4, -0.2) is 36.1 Å². The van der Waals surface area contributed by atoms with Gasteiger partial charge in [0.2, 0.25) is 0 Å². The van der Waals surface area contributed by atoms with Gasteiger partial charge in [-0.25, -0.2) is 0 Å². The van der Waals surface area contributed by atoms with E-state index in [2.05, 4.69) is 0 Å². The average Bonchev–Trinajstić information content (AvgIpc) is 2.36. The van der Waals surface area contributed by atoms with Gasteiger partial charge >= 0.3 is 12.1 Å². The third-order valence-corrected chi connectivity index (χ3v) is 3.87. The highest BCUT2D eigenvalue weighted by Crippen LogP contribution is 2.35. The molecule has 1 aliphatic rings. The number of carbonyl (C=O) groups is 1. The number of benzene rings is 1. The van der Waals surface area contributed by atoms with E-state index in [0.29, 0.717) is 25.1 Å². The number of hydrogen-bond donors (Lipinski definition) is 1. The molecule has 1 fully saturated rings. The summed E-state index contributed by atoms with van der Waals surface area (Å²) in [6.45, 7) is 1.32. The SMILES string of the molecule is CN1CC(CC(=O)O)CC(c2cccc(C(F)(F)F)c2)C1. The first kappa shape index (κ1) is 15.8. The predicted octanol–water partition coefficient (Wildman–Crippen LogP) is 3.22. The average molecular weight is 301 g/mol. The second-order valence-electron chi connectivity index (χ2n) is 5.74. The Balaban J connectivity index is 2.18. The van der Waals surface area contributed by atoms with Crippen molar-refractivity contribution in [3.05, 3.63) is 35.4 Å². The van der Waals surface area contributed by atoms with Crippen LogP contribution in [0.5, 0.6) is 0 Å². The molecule has 2 unspecified atom stereocenters. The first-order chi connectivity index (χ1) is 9.75. The maximum absolute atomic E-state index is 12.8. The van der Waals surface area contributed by atoms with Crippen LogP contribution in [0.2, 0.25) is 0 Å². The van der Waals surface area contributed by atoms with Gasteiger partial charge in [-0.15, -0.1) is 0 Å². The van der Waals surface area contributed by atoms with E-state index in [1.54, 1.807) is 6.07 Å². The minimum Gasteiger partial charge on any atom is -0.481 e. The molecular weight excluding hydrogens is 283 g/mol. The van der Waals surface area contributed by atoms with Crippen molar-refractivity contribution < 1.29 is 23.1 Å². The Kier molecular flexibility index (Phi) is 4.56. The minimum atomic E-state index is -4.35. The quantitative estimate of drug-likeness (QED) is 0.932. The molecule has 21 heavy (non-hydrogen) atoms. The van der Waals surface area contributed by atoms with Crippen LogP contribution in [0.15, 0.2) is 24.3 Å². The number of carboxylic acids is 1. The summed E-state index contributed by atoms with van der Waals surface area (Å²) in [5.41, 5.74) is -0.0187. The van der Waals surface area contributed by atoms with Gasteiger partial charge in [0.15, 0.2) is 0 Å². The summed E-state index contributed by atoms with van der Waals surface area (Å²) in [5, 5.41) is 8.89.